The first-order valence-corrected chi connectivity index (χ1v) is 3.95. The molecule has 0 fully saturated rings. The predicted octanol–water partition coefficient (Wildman–Crippen LogP) is 1.59. The first-order chi connectivity index (χ1) is 6.76. The lowest BCUT2D eigenvalue weighted by Crippen LogP contribution is -2.16. The smallest absolute Gasteiger partial charge is 0.195 e. The second-order valence-corrected chi connectivity index (χ2v) is 2.83. The van der Waals surface area contributed by atoms with Crippen LogP contribution in [0.2, 0.25) is 0 Å². The molecule has 65 valence electrons. The van der Waals surface area contributed by atoms with Crippen LogP contribution in [0.25, 0.3) is 0 Å². The molecule has 0 unspecified atom stereocenters. The normalized spacial score (nSPS) is 9.50. The molecule has 0 saturated carbocycles. The van der Waals surface area contributed by atoms with Crippen molar-refractivity contribution in [3.8, 4) is 18.2 Å². The largest absolute Gasteiger partial charge is 0.232 e. The van der Waals surface area contributed by atoms with Gasteiger partial charge in [-0.05, 0) is 11.6 Å². The fourth-order valence-corrected chi connectivity index (χ4v) is 1.04. The van der Waals surface area contributed by atoms with Crippen LogP contribution >= 0.6 is 0 Å². The zero-order chi connectivity index (χ0) is 10.4. The van der Waals surface area contributed by atoms with Crippen LogP contribution in [0.4, 0.5) is 0 Å². The summed E-state index contributed by atoms with van der Waals surface area (Å²) in [7, 11) is 0. The van der Waals surface area contributed by atoms with Crippen molar-refractivity contribution in [2.75, 3.05) is 0 Å². The summed E-state index contributed by atoms with van der Waals surface area (Å²) in [4.78, 5) is 0. The summed E-state index contributed by atoms with van der Waals surface area (Å²) in [5.74, 6) is 0. The number of hydrogen-bond acceptors (Lipinski definition) is 3. The average Bonchev–Trinajstić information content (AvgIpc) is 2.28. The lowest BCUT2D eigenvalue weighted by molar-refractivity contribution is 0.673. The maximum absolute atomic E-state index is 8.73. The fraction of sp³-hybridized carbons (Fsp3) is 0.182. The minimum atomic E-state index is -1.57. The van der Waals surface area contributed by atoms with Gasteiger partial charge in [0.1, 0.15) is 18.2 Å². The van der Waals surface area contributed by atoms with Crippen molar-refractivity contribution in [1.82, 2.24) is 0 Å². The van der Waals surface area contributed by atoms with Crippen LogP contribution in [-0.2, 0) is 6.42 Å². The maximum atomic E-state index is 8.73. The average molecular weight is 180 g/mol. The molecule has 0 N–H and O–H groups in total. The van der Waals surface area contributed by atoms with Gasteiger partial charge in [-0.15, -0.1) is 0 Å². The Hall–Kier alpha value is -2.31. The van der Waals surface area contributed by atoms with Crippen molar-refractivity contribution < 1.29 is 0 Å². The van der Waals surface area contributed by atoms with Crippen LogP contribution in [0.5, 0.6) is 0 Å². The summed E-state index contributed by atoms with van der Waals surface area (Å²) in [5.41, 5.74) is -0.813. The summed E-state index contributed by atoms with van der Waals surface area (Å²) in [6, 6.07) is 14.9. The van der Waals surface area contributed by atoms with E-state index < -0.39 is 5.41 Å². The molecule has 0 saturated heterocycles. The van der Waals surface area contributed by atoms with Crippen LogP contribution in [0.15, 0.2) is 24.3 Å². The molecule has 3 nitrogen and oxygen atoms in total. The third-order valence-electron chi connectivity index (χ3n) is 1.81. The summed E-state index contributed by atoms with van der Waals surface area (Å²) in [6.07, 6.45) is 0.119. The highest BCUT2D eigenvalue weighted by Gasteiger charge is 2.30. The van der Waals surface area contributed by atoms with Gasteiger partial charge in [0.2, 0.25) is 5.41 Å². The Morgan fingerprint density at radius 3 is 2.29 bits per heavy atom. The van der Waals surface area contributed by atoms with E-state index in [0.29, 0.717) is 0 Å². The van der Waals surface area contributed by atoms with Gasteiger partial charge in [0, 0.05) is 6.42 Å². The molecule has 1 rings (SSSR count). The van der Waals surface area contributed by atoms with Gasteiger partial charge in [0.15, 0.2) is 0 Å². The Morgan fingerprint density at radius 1 is 1.21 bits per heavy atom. The highest BCUT2D eigenvalue weighted by atomic mass is 14.4. The predicted molar refractivity (Wildman–Crippen MR) is 48.3 cm³/mol. The highest BCUT2D eigenvalue weighted by molar-refractivity contribution is 5.31. The molecular weight excluding hydrogens is 174 g/mol. The standard InChI is InChI=1S/C11H6N3/c12-7-11(8-13,9-14)6-10-4-2-1-3-5-10/h1-2,4-5H,6H2. The van der Waals surface area contributed by atoms with Gasteiger partial charge >= 0.3 is 0 Å². The molecule has 1 aromatic carbocycles. The first kappa shape index (κ1) is 9.78. The molecule has 0 heterocycles. The Bertz CT molecular complexity index is 392. The van der Waals surface area contributed by atoms with E-state index in [-0.39, 0.29) is 6.42 Å². The van der Waals surface area contributed by atoms with E-state index in [1.807, 2.05) is 0 Å². The number of nitrogens with zero attached hydrogens (tertiary/aromatic N) is 3. The van der Waals surface area contributed by atoms with Gasteiger partial charge in [0.05, 0.1) is 0 Å². The second-order valence-electron chi connectivity index (χ2n) is 2.83. The monoisotopic (exact) mass is 180 g/mol. The zero-order valence-electron chi connectivity index (χ0n) is 7.36. The minimum absolute atomic E-state index is 0.119. The maximum Gasteiger partial charge on any atom is 0.232 e. The van der Waals surface area contributed by atoms with E-state index in [1.54, 1.807) is 42.5 Å². The third-order valence-corrected chi connectivity index (χ3v) is 1.81. The van der Waals surface area contributed by atoms with Gasteiger partial charge in [-0.25, -0.2) is 0 Å². The zero-order valence-corrected chi connectivity index (χ0v) is 7.36. The van der Waals surface area contributed by atoms with Crippen molar-refractivity contribution in [2.45, 2.75) is 6.42 Å². The summed E-state index contributed by atoms with van der Waals surface area (Å²) >= 11 is 0. The van der Waals surface area contributed by atoms with Gasteiger partial charge in [0.25, 0.3) is 0 Å². The molecule has 0 aliphatic carbocycles. The quantitative estimate of drug-likeness (QED) is 0.693. The van der Waals surface area contributed by atoms with Crippen LogP contribution in [0, 0.1) is 45.5 Å². The van der Waals surface area contributed by atoms with Gasteiger partial charge in [-0.3, -0.25) is 0 Å². The summed E-state index contributed by atoms with van der Waals surface area (Å²) in [5, 5.41) is 26.2. The number of nitriles is 3. The molecule has 0 aliphatic rings. The van der Waals surface area contributed by atoms with Crippen molar-refractivity contribution >= 4 is 0 Å². The number of benzene rings is 1. The van der Waals surface area contributed by atoms with E-state index in [2.05, 4.69) is 6.07 Å². The number of rotatable bonds is 2. The molecule has 14 heavy (non-hydrogen) atoms. The van der Waals surface area contributed by atoms with Gasteiger partial charge < -0.3 is 0 Å². The Morgan fingerprint density at radius 2 is 1.86 bits per heavy atom. The van der Waals surface area contributed by atoms with Crippen molar-refractivity contribution in [1.29, 1.82) is 15.8 Å². The molecule has 0 bridgehead atoms. The Balaban J connectivity index is 2.96. The van der Waals surface area contributed by atoms with E-state index in [1.165, 1.54) is 0 Å². The lowest BCUT2D eigenvalue weighted by Gasteiger charge is -2.08. The van der Waals surface area contributed by atoms with Crippen molar-refractivity contribution in [2.24, 2.45) is 5.41 Å². The molecule has 0 amide bonds. The number of hydrogen-bond donors (Lipinski definition) is 0. The van der Waals surface area contributed by atoms with Gasteiger partial charge in [-0.2, -0.15) is 15.8 Å². The second kappa shape index (κ2) is 4.08. The topological polar surface area (TPSA) is 71.4 Å². The SMILES string of the molecule is N#CC(C#N)(C#N)Cc1c[c]ccc1. The first-order valence-electron chi connectivity index (χ1n) is 3.95. The molecule has 0 spiro atoms. The van der Waals surface area contributed by atoms with E-state index in [9.17, 15) is 0 Å². The molecule has 3 heteroatoms. The Kier molecular flexibility index (Phi) is 2.85. The molecule has 1 radical (unpaired) electrons. The highest BCUT2D eigenvalue weighted by Crippen LogP contribution is 2.19. The van der Waals surface area contributed by atoms with Crippen LogP contribution in [0.1, 0.15) is 5.56 Å². The van der Waals surface area contributed by atoms with E-state index >= 15 is 0 Å². The third kappa shape index (κ3) is 1.89. The minimum Gasteiger partial charge on any atom is -0.195 e. The molecule has 0 atom stereocenters. The summed E-state index contributed by atoms with van der Waals surface area (Å²) < 4.78 is 0. The Labute approximate surface area is 82.4 Å². The van der Waals surface area contributed by atoms with Crippen LogP contribution in [0.3, 0.4) is 0 Å². The fourth-order valence-electron chi connectivity index (χ4n) is 1.04. The van der Waals surface area contributed by atoms with Crippen LogP contribution < -0.4 is 0 Å². The molecular formula is C11H6N3. The van der Waals surface area contributed by atoms with Crippen LogP contribution in [-0.4, -0.2) is 0 Å². The molecule has 1 aromatic rings. The van der Waals surface area contributed by atoms with Crippen molar-refractivity contribution in [3.05, 3.63) is 35.9 Å². The molecule has 0 aliphatic heterocycles. The summed E-state index contributed by atoms with van der Waals surface area (Å²) in [6.45, 7) is 0. The van der Waals surface area contributed by atoms with E-state index in [4.69, 9.17) is 15.8 Å². The molecule has 0 aromatic heterocycles. The lowest BCUT2D eigenvalue weighted by atomic mass is 9.86. The van der Waals surface area contributed by atoms with Crippen molar-refractivity contribution in [3.63, 3.8) is 0 Å². The van der Waals surface area contributed by atoms with Gasteiger partial charge in [-0.1, -0.05) is 24.3 Å². The van der Waals surface area contributed by atoms with E-state index in [0.717, 1.165) is 5.56 Å².